The van der Waals surface area contributed by atoms with Crippen molar-refractivity contribution in [1.82, 2.24) is 0 Å². The zero-order valence-corrected chi connectivity index (χ0v) is 18.2. The van der Waals surface area contributed by atoms with Gasteiger partial charge in [-0.2, -0.15) is 0 Å². The van der Waals surface area contributed by atoms with Gasteiger partial charge in [0.15, 0.2) is 11.8 Å². The molecule has 31 heavy (non-hydrogen) atoms. The van der Waals surface area contributed by atoms with Gasteiger partial charge in [0.2, 0.25) is 0 Å². The lowest BCUT2D eigenvalue weighted by Crippen LogP contribution is -2.39. The highest BCUT2D eigenvalue weighted by Crippen LogP contribution is 2.42. The van der Waals surface area contributed by atoms with Crippen LogP contribution >= 0.6 is 0 Å². The molecule has 4 heteroatoms. The highest BCUT2D eigenvalue weighted by Gasteiger charge is 2.48. The van der Waals surface area contributed by atoms with E-state index in [0.29, 0.717) is 13.2 Å². The Morgan fingerprint density at radius 3 is 1.55 bits per heavy atom. The molecule has 2 heterocycles. The van der Waals surface area contributed by atoms with E-state index in [2.05, 4.69) is 60.7 Å². The van der Waals surface area contributed by atoms with Crippen molar-refractivity contribution >= 4 is 11.8 Å². The fourth-order valence-electron chi connectivity index (χ4n) is 5.19. The Morgan fingerprint density at radius 1 is 0.645 bits per heavy atom. The first-order valence-electron chi connectivity index (χ1n) is 11.8. The molecule has 2 atom stereocenters. The molecule has 1 saturated carbocycles. The number of nitrogens with zero attached hydrogens (tertiary/aromatic N) is 2. The topological polar surface area (TPSA) is 43.2 Å². The van der Waals surface area contributed by atoms with E-state index >= 15 is 0 Å². The summed E-state index contributed by atoms with van der Waals surface area (Å²) < 4.78 is 12.6. The van der Waals surface area contributed by atoms with Crippen molar-refractivity contribution in [2.45, 2.75) is 63.5 Å². The normalized spacial score (nSPS) is 25.2. The van der Waals surface area contributed by atoms with Crippen molar-refractivity contribution in [3.63, 3.8) is 0 Å². The van der Waals surface area contributed by atoms with Crippen LogP contribution in [0.4, 0.5) is 0 Å². The quantitative estimate of drug-likeness (QED) is 0.591. The minimum atomic E-state index is -0.270. The minimum Gasteiger partial charge on any atom is -0.478 e. The predicted molar refractivity (Wildman–Crippen MR) is 125 cm³/mol. The second-order valence-corrected chi connectivity index (χ2v) is 9.17. The second-order valence-electron chi connectivity index (χ2n) is 9.17. The van der Waals surface area contributed by atoms with Gasteiger partial charge < -0.3 is 9.47 Å². The van der Waals surface area contributed by atoms with E-state index < -0.39 is 0 Å². The second kappa shape index (κ2) is 9.25. The summed E-state index contributed by atoms with van der Waals surface area (Å²) in [6.07, 6.45) is 8.79. The zero-order valence-electron chi connectivity index (χ0n) is 18.2. The van der Waals surface area contributed by atoms with Gasteiger partial charge in [-0.05, 0) is 36.8 Å². The Labute approximate surface area is 185 Å². The third kappa shape index (κ3) is 4.53. The monoisotopic (exact) mass is 416 g/mol. The fraction of sp³-hybridized carbons (Fsp3) is 0.481. The molecule has 0 spiro atoms. The summed E-state index contributed by atoms with van der Waals surface area (Å²) >= 11 is 0. The molecule has 162 valence electrons. The fourth-order valence-corrected chi connectivity index (χ4v) is 5.19. The van der Waals surface area contributed by atoms with Crippen LogP contribution in [-0.2, 0) is 22.3 Å². The molecule has 3 aliphatic rings. The molecular formula is C27H32N2O2. The van der Waals surface area contributed by atoms with E-state index in [1.165, 1.54) is 36.8 Å². The molecule has 2 aliphatic heterocycles. The molecule has 1 fully saturated rings. The Balaban J connectivity index is 1.38. The molecule has 2 aromatic carbocycles. The van der Waals surface area contributed by atoms with Gasteiger partial charge in [-0.15, -0.1) is 0 Å². The summed E-state index contributed by atoms with van der Waals surface area (Å²) in [5, 5.41) is 0. The number of rotatable bonds is 6. The summed E-state index contributed by atoms with van der Waals surface area (Å²) in [5.74, 6) is 1.77. The lowest BCUT2D eigenvalue weighted by atomic mass is 9.79. The van der Waals surface area contributed by atoms with Crippen molar-refractivity contribution < 1.29 is 9.47 Å². The van der Waals surface area contributed by atoms with Gasteiger partial charge in [-0.25, -0.2) is 9.98 Å². The largest absolute Gasteiger partial charge is 0.478 e. The van der Waals surface area contributed by atoms with Gasteiger partial charge in [0, 0.05) is 0 Å². The standard InChI is InChI=1S/C27H32N2O2/c1-2-10-16-27(15-9-1,25-28-23(19-30-25)17-21-11-5-3-6-12-21)26-29-24(20-31-26)18-22-13-7-4-8-14-22/h3-8,11-14,23-24H,1-2,9-10,15-20H2/t23-,24-/m1/s1. The maximum atomic E-state index is 6.29. The van der Waals surface area contributed by atoms with Gasteiger partial charge in [0.1, 0.15) is 18.6 Å². The number of ether oxygens (including phenoxy) is 2. The summed E-state index contributed by atoms with van der Waals surface area (Å²) in [7, 11) is 0. The minimum absolute atomic E-state index is 0.180. The van der Waals surface area contributed by atoms with E-state index in [1.807, 2.05) is 0 Å². The third-order valence-electron chi connectivity index (χ3n) is 6.83. The number of hydrogen-bond donors (Lipinski definition) is 0. The molecule has 1 aliphatic carbocycles. The highest BCUT2D eigenvalue weighted by atomic mass is 16.5. The van der Waals surface area contributed by atoms with E-state index in [1.54, 1.807) is 0 Å². The van der Waals surface area contributed by atoms with E-state index in [-0.39, 0.29) is 17.5 Å². The maximum Gasteiger partial charge on any atom is 0.199 e. The molecule has 0 N–H and O–H groups in total. The van der Waals surface area contributed by atoms with Gasteiger partial charge in [0.05, 0.1) is 12.1 Å². The Kier molecular flexibility index (Phi) is 6.06. The Hall–Kier alpha value is -2.62. The predicted octanol–water partition coefficient (Wildman–Crippen LogP) is 5.41. The lowest BCUT2D eigenvalue weighted by Gasteiger charge is -2.30. The first-order chi connectivity index (χ1) is 15.3. The molecule has 0 unspecified atom stereocenters. The molecule has 0 amide bonds. The van der Waals surface area contributed by atoms with Crippen molar-refractivity contribution in [1.29, 1.82) is 0 Å². The summed E-state index contributed by atoms with van der Waals surface area (Å²) in [4.78, 5) is 10.2. The van der Waals surface area contributed by atoms with Crippen LogP contribution in [0.5, 0.6) is 0 Å². The summed E-state index contributed by atoms with van der Waals surface area (Å²) in [5.41, 5.74) is 2.36. The van der Waals surface area contributed by atoms with Gasteiger partial charge in [0.25, 0.3) is 0 Å². The van der Waals surface area contributed by atoms with Crippen molar-refractivity contribution in [2.24, 2.45) is 15.4 Å². The highest BCUT2D eigenvalue weighted by molar-refractivity contribution is 6.06. The summed E-state index contributed by atoms with van der Waals surface area (Å²) in [6.45, 7) is 1.32. The van der Waals surface area contributed by atoms with Gasteiger partial charge >= 0.3 is 0 Å². The molecule has 4 nitrogen and oxygen atoms in total. The molecule has 2 aromatic rings. The first kappa shape index (κ1) is 20.3. The zero-order chi connectivity index (χ0) is 20.9. The summed E-state index contributed by atoms with van der Waals surface area (Å²) in [6, 6.07) is 21.6. The molecule has 5 rings (SSSR count). The van der Waals surface area contributed by atoms with E-state index in [4.69, 9.17) is 19.5 Å². The molecule has 0 radical (unpaired) electrons. The molecular weight excluding hydrogens is 384 g/mol. The number of benzene rings is 2. The van der Waals surface area contributed by atoms with Crippen LogP contribution in [0.2, 0.25) is 0 Å². The van der Waals surface area contributed by atoms with E-state index in [9.17, 15) is 0 Å². The molecule has 0 bridgehead atoms. The average Bonchev–Trinajstić information content (AvgIpc) is 3.40. The van der Waals surface area contributed by atoms with Crippen LogP contribution in [0, 0.1) is 5.41 Å². The smallest absolute Gasteiger partial charge is 0.199 e. The first-order valence-corrected chi connectivity index (χ1v) is 11.8. The van der Waals surface area contributed by atoms with Crippen molar-refractivity contribution in [3.8, 4) is 0 Å². The Bertz CT molecular complexity index is 845. The number of aliphatic imine (C=N–C) groups is 2. The maximum absolute atomic E-state index is 6.29. The van der Waals surface area contributed by atoms with Crippen LogP contribution < -0.4 is 0 Å². The van der Waals surface area contributed by atoms with Gasteiger partial charge in [-0.3, -0.25) is 0 Å². The Morgan fingerprint density at radius 2 is 1.10 bits per heavy atom. The average molecular weight is 417 g/mol. The number of hydrogen-bond acceptors (Lipinski definition) is 4. The molecule has 0 saturated heterocycles. The van der Waals surface area contributed by atoms with Gasteiger partial charge in [-0.1, -0.05) is 86.3 Å². The third-order valence-corrected chi connectivity index (χ3v) is 6.83. The molecule has 0 aromatic heterocycles. The van der Waals surface area contributed by atoms with Crippen molar-refractivity contribution in [3.05, 3.63) is 71.8 Å². The lowest BCUT2D eigenvalue weighted by molar-refractivity contribution is 0.239. The van der Waals surface area contributed by atoms with E-state index in [0.717, 1.165) is 37.5 Å². The SMILES string of the molecule is c1ccc(C[C@@H]2COC(C3(C4=N[C@H](Cc5ccccc5)CO4)CCCCCC3)=N2)cc1. The van der Waals surface area contributed by atoms with Crippen LogP contribution in [0.15, 0.2) is 70.6 Å². The van der Waals surface area contributed by atoms with Crippen LogP contribution in [0.1, 0.15) is 49.7 Å². The van der Waals surface area contributed by atoms with Crippen LogP contribution in [0.25, 0.3) is 0 Å². The van der Waals surface area contributed by atoms with Crippen LogP contribution in [0.3, 0.4) is 0 Å². The van der Waals surface area contributed by atoms with Crippen molar-refractivity contribution in [2.75, 3.05) is 13.2 Å². The van der Waals surface area contributed by atoms with Crippen LogP contribution in [-0.4, -0.2) is 37.1 Å².